The van der Waals surface area contributed by atoms with E-state index in [0.29, 0.717) is 5.92 Å². The van der Waals surface area contributed by atoms with Gasteiger partial charge in [0.2, 0.25) is 0 Å². The van der Waals surface area contributed by atoms with E-state index in [-0.39, 0.29) is 0 Å². The molecule has 26 heavy (non-hydrogen) atoms. The number of aromatic nitrogens is 5. The van der Waals surface area contributed by atoms with Crippen LogP contribution in [0.2, 0.25) is 0 Å². The maximum atomic E-state index is 4.68. The molecule has 0 spiro atoms. The zero-order valence-electron chi connectivity index (χ0n) is 15.5. The highest BCUT2D eigenvalue weighted by Crippen LogP contribution is 2.30. The van der Waals surface area contributed by atoms with Crippen molar-refractivity contribution in [3.05, 3.63) is 36.4 Å². The van der Waals surface area contributed by atoms with Gasteiger partial charge < -0.3 is 0 Å². The van der Waals surface area contributed by atoms with Crippen LogP contribution in [0.1, 0.15) is 49.4 Å². The Bertz CT molecular complexity index is 641. The van der Waals surface area contributed by atoms with Crippen LogP contribution in [0.3, 0.4) is 0 Å². The first-order valence-corrected chi connectivity index (χ1v) is 9.95. The molecule has 2 aromatic heterocycles. The minimum Gasteiger partial charge on any atom is -0.299 e. The van der Waals surface area contributed by atoms with Crippen molar-refractivity contribution in [2.75, 3.05) is 32.7 Å². The summed E-state index contributed by atoms with van der Waals surface area (Å²) in [5.74, 6) is 1.65. The number of hydrogen-bond donors (Lipinski definition) is 0. The van der Waals surface area contributed by atoms with Gasteiger partial charge in [0.15, 0.2) is 0 Å². The summed E-state index contributed by atoms with van der Waals surface area (Å²) in [6.07, 6.45) is 14.0. The molecular formula is C19H29N7. The second-order valence-corrected chi connectivity index (χ2v) is 7.56. The SMILES string of the molecule is c1ncn(CCN2CCN(Cc3cnc(C4CCCCC4)nc3)CC2)n1. The van der Waals surface area contributed by atoms with E-state index < -0.39 is 0 Å². The van der Waals surface area contributed by atoms with Gasteiger partial charge in [0.25, 0.3) is 0 Å². The molecule has 2 fully saturated rings. The largest absolute Gasteiger partial charge is 0.299 e. The van der Waals surface area contributed by atoms with Crippen LogP contribution in [-0.2, 0) is 13.1 Å². The molecule has 4 rings (SSSR count). The van der Waals surface area contributed by atoms with Crippen molar-refractivity contribution < 1.29 is 0 Å². The lowest BCUT2D eigenvalue weighted by molar-refractivity contribution is 0.123. The van der Waals surface area contributed by atoms with Gasteiger partial charge in [-0.25, -0.2) is 15.0 Å². The molecule has 0 N–H and O–H groups in total. The van der Waals surface area contributed by atoms with Crippen LogP contribution < -0.4 is 0 Å². The van der Waals surface area contributed by atoms with Crippen molar-refractivity contribution in [2.24, 2.45) is 0 Å². The van der Waals surface area contributed by atoms with Gasteiger partial charge in [0, 0.05) is 63.1 Å². The third-order valence-electron chi connectivity index (χ3n) is 5.68. The molecule has 0 atom stereocenters. The summed E-state index contributed by atoms with van der Waals surface area (Å²) in [7, 11) is 0. The average Bonchev–Trinajstić information content (AvgIpc) is 3.22. The highest BCUT2D eigenvalue weighted by atomic mass is 15.3. The summed E-state index contributed by atoms with van der Waals surface area (Å²) in [6, 6.07) is 0. The van der Waals surface area contributed by atoms with Crippen molar-refractivity contribution in [3.8, 4) is 0 Å². The van der Waals surface area contributed by atoms with Gasteiger partial charge in [-0.2, -0.15) is 5.10 Å². The van der Waals surface area contributed by atoms with E-state index >= 15 is 0 Å². The highest BCUT2D eigenvalue weighted by Gasteiger charge is 2.19. The average molecular weight is 355 g/mol. The molecule has 2 aromatic rings. The highest BCUT2D eigenvalue weighted by molar-refractivity contribution is 5.08. The molecule has 7 heteroatoms. The monoisotopic (exact) mass is 355 g/mol. The first kappa shape index (κ1) is 17.5. The minimum atomic E-state index is 0.589. The lowest BCUT2D eigenvalue weighted by atomic mass is 9.89. The van der Waals surface area contributed by atoms with Gasteiger partial charge in [-0.1, -0.05) is 19.3 Å². The molecule has 0 amide bonds. The fraction of sp³-hybridized carbons (Fsp3) is 0.684. The standard InChI is InChI=1S/C19H29N7/c1-2-4-18(5-3-1)19-21-12-17(13-22-19)14-25-8-6-24(7-9-25)10-11-26-16-20-15-23-26/h12-13,15-16,18H,1-11,14H2. The van der Waals surface area contributed by atoms with Gasteiger partial charge in [-0.05, 0) is 12.8 Å². The molecule has 1 aliphatic carbocycles. The Balaban J connectivity index is 1.21. The van der Waals surface area contributed by atoms with Gasteiger partial charge in [0.1, 0.15) is 18.5 Å². The summed E-state index contributed by atoms with van der Waals surface area (Å²) in [6.45, 7) is 7.32. The van der Waals surface area contributed by atoms with Crippen LogP contribution in [0.25, 0.3) is 0 Å². The van der Waals surface area contributed by atoms with Crippen LogP contribution in [0.15, 0.2) is 25.0 Å². The van der Waals surface area contributed by atoms with Crippen LogP contribution >= 0.6 is 0 Å². The smallest absolute Gasteiger partial charge is 0.137 e. The van der Waals surface area contributed by atoms with Crippen LogP contribution in [-0.4, -0.2) is 67.3 Å². The maximum Gasteiger partial charge on any atom is 0.137 e. The predicted molar refractivity (Wildman–Crippen MR) is 99.6 cm³/mol. The fourth-order valence-electron chi connectivity index (χ4n) is 4.04. The van der Waals surface area contributed by atoms with E-state index in [2.05, 4.69) is 29.9 Å². The van der Waals surface area contributed by atoms with E-state index in [4.69, 9.17) is 0 Å². The molecule has 7 nitrogen and oxygen atoms in total. The molecule has 1 saturated heterocycles. The van der Waals surface area contributed by atoms with Gasteiger partial charge in [-0.15, -0.1) is 0 Å². The molecular weight excluding hydrogens is 326 g/mol. The summed E-state index contributed by atoms with van der Waals surface area (Å²) < 4.78 is 1.90. The number of hydrogen-bond acceptors (Lipinski definition) is 6. The zero-order chi connectivity index (χ0) is 17.6. The second kappa shape index (κ2) is 8.68. The molecule has 1 aliphatic heterocycles. The van der Waals surface area contributed by atoms with Crippen molar-refractivity contribution in [3.63, 3.8) is 0 Å². The normalized spacial score (nSPS) is 20.5. The minimum absolute atomic E-state index is 0.589. The molecule has 140 valence electrons. The first-order chi connectivity index (χ1) is 12.9. The Kier molecular flexibility index (Phi) is 5.86. The number of rotatable bonds is 6. The Morgan fingerprint density at radius 2 is 1.62 bits per heavy atom. The van der Waals surface area contributed by atoms with Crippen molar-refractivity contribution >= 4 is 0 Å². The lowest BCUT2D eigenvalue weighted by Crippen LogP contribution is -2.46. The van der Waals surface area contributed by atoms with E-state index in [0.717, 1.165) is 51.6 Å². The Hall–Kier alpha value is -1.86. The van der Waals surface area contributed by atoms with Crippen LogP contribution in [0, 0.1) is 0 Å². The summed E-state index contributed by atoms with van der Waals surface area (Å²) in [4.78, 5) is 18.4. The maximum absolute atomic E-state index is 4.68. The molecule has 1 saturated carbocycles. The molecule has 0 unspecified atom stereocenters. The van der Waals surface area contributed by atoms with Crippen LogP contribution in [0.5, 0.6) is 0 Å². The zero-order valence-corrected chi connectivity index (χ0v) is 15.5. The molecule has 3 heterocycles. The topological polar surface area (TPSA) is 63.0 Å². The van der Waals surface area contributed by atoms with E-state index in [1.54, 1.807) is 12.7 Å². The Morgan fingerprint density at radius 3 is 2.31 bits per heavy atom. The first-order valence-electron chi connectivity index (χ1n) is 9.95. The molecule has 0 aromatic carbocycles. The summed E-state index contributed by atoms with van der Waals surface area (Å²) >= 11 is 0. The second-order valence-electron chi connectivity index (χ2n) is 7.56. The van der Waals surface area contributed by atoms with E-state index in [1.807, 2.05) is 17.1 Å². The number of piperazine rings is 1. The Labute approximate surface area is 155 Å². The van der Waals surface area contributed by atoms with Gasteiger partial charge in [-0.3, -0.25) is 14.5 Å². The quantitative estimate of drug-likeness (QED) is 0.789. The van der Waals surface area contributed by atoms with Crippen LogP contribution in [0.4, 0.5) is 0 Å². The fourth-order valence-corrected chi connectivity index (χ4v) is 4.04. The molecule has 0 radical (unpaired) electrons. The van der Waals surface area contributed by atoms with Gasteiger partial charge in [0.05, 0.1) is 6.54 Å². The van der Waals surface area contributed by atoms with E-state index in [1.165, 1.54) is 37.7 Å². The van der Waals surface area contributed by atoms with Gasteiger partial charge >= 0.3 is 0 Å². The lowest BCUT2D eigenvalue weighted by Gasteiger charge is -2.34. The van der Waals surface area contributed by atoms with Crippen molar-refractivity contribution in [2.45, 2.75) is 51.1 Å². The third-order valence-corrected chi connectivity index (χ3v) is 5.68. The number of nitrogens with zero attached hydrogens (tertiary/aromatic N) is 7. The Morgan fingerprint density at radius 1 is 0.885 bits per heavy atom. The molecule has 2 aliphatic rings. The van der Waals surface area contributed by atoms with Crippen molar-refractivity contribution in [1.82, 2.24) is 34.5 Å². The van der Waals surface area contributed by atoms with E-state index in [9.17, 15) is 0 Å². The summed E-state index contributed by atoms with van der Waals surface area (Å²) in [5, 5.41) is 4.17. The third kappa shape index (κ3) is 4.65. The predicted octanol–water partition coefficient (Wildman–Crippen LogP) is 1.93. The molecule has 0 bridgehead atoms. The summed E-state index contributed by atoms with van der Waals surface area (Å²) in [5.41, 5.74) is 1.24. The van der Waals surface area contributed by atoms with Crippen molar-refractivity contribution in [1.29, 1.82) is 0 Å².